The molecule has 6 atom stereocenters. The molecule has 0 radical (unpaired) electrons. The molecule has 28 heavy (non-hydrogen) atoms. The van der Waals surface area contributed by atoms with Crippen LogP contribution in [0, 0.1) is 34.5 Å². The Balaban J connectivity index is 1.56. The molecule has 4 aliphatic rings. The number of Topliss-reactive ketones (excluding diaryl/α,β-unsaturated/α-hetero) is 1. The van der Waals surface area contributed by atoms with Crippen molar-refractivity contribution in [1.82, 2.24) is 0 Å². The van der Waals surface area contributed by atoms with E-state index in [1.807, 2.05) is 11.1 Å². The highest BCUT2D eigenvalue weighted by Crippen LogP contribution is 2.65. The van der Waals surface area contributed by atoms with Crippen LogP contribution in [-0.2, 0) is 4.79 Å². The third-order valence-electron chi connectivity index (χ3n) is 9.74. The van der Waals surface area contributed by atoms with Gasteiger partial charge in [-0.1, -0.05) is 43.6 Å². The predicted octanol–water partition coefficient (Wildman–Crippen LogP) is 7.66. The molecule has 0 amide bonds. The van der Waals surface area contributed by atoms with E-state index in [0.29, 0.717) is 22.5 Å². The summed E-state index contributed by atoms with van der Waals surface area (Å²) in [5, 5.41) is 0. The zero-order chi connectivity index (χ0) is 20.1. The topological polar surface area (TPSA) is 17.1 Å². The number of rotatable bonds is 4. The number of hydrogen-bond donors (Lipinski definition) is 0. The smallest absolute Gasteiger partial charge is 0.133 e. The normalized spacial score (nSPS) is 41.2. The maximum atomic E-state index is 12.1. The van der Waals surface area contributed by atoms with Gasteiger partial charge in [-0.15, -0.1) is 0 Å². The summed E-state index contributed by atoms with van der Waals surface area (Å²) < 4.78 is 0. The number of allylic oxidation sites excluding steroid dienone is 4. The molecule has 0 saturated heterocycles. The molecule has 0 aromatic heterocycles. The predicted molar refractivity (Wildman–Crippen MR) is 118 cm³/mol. The Morgan fingerprint density at radius 2 is 1.89 bits per heavy atom. The Labute approximate surface area is 173 Å². The molecule has 4 aliphatic carbocycles. The molecule has 0 aromatic carbocycles. The monoisotopic (exact) mass is 382 g/mol. The number of fused-ring (bicyclic) bond motifs is 4. The second-order valence-corrected chi connectivity index (χ2v) is 11.5. The van der Waals surface area contributed by atoms with Gasteiger partial charge in [-0.3, -0.25) is 4.79 Å². The fourth-order valence-electron chi connectivity index (χ4n) is 8.06. The first-order valence-electron chi connectivity index (χ1n) is 12.1. The third kappa shape index (κ3) is 3.25. The summed E-state index contributed by atoms with van der Waals surface area (Å²) in [5.41, 5.74) is 6.04. The number of carbonyl (C=O) groups is 1. The lowest BCUT2D eigenvalue weighted by atomic mass is 9.50. The molecule has 2 saturated carbocycles. The first-order valence-corrected chi connectivity index (χ1v) is 12.1. The number of ketones is 1. The highest BCUT2D eigenvalue weighted by molar-refractivity contribution is 5.80. The van der Waals surface area contributed by atoms with Crippen molar-refractivity contribution in [3.8, 4) is 0 Å². The van der Waals surface area contributed by atoms with E-state index in [4.69, 9.17) is 0 Å². The maximum Gasteiger partial charge on any atom is 0.133 e. The first kappa shape index (κ1) is 20.4. The van der Waals surface area contributed by atoms with Gasteiger partial charge >= 0.3 is 0 Å². The molecule has 4 rings (SSSR count). The zero-order valence-corrected chi connectivity index (χ0v) is 19.1. The summed E-state index contributed by atoms with van der Waals surface area (Å²) in [7, 11) is 0. The fourth-order valence-corrected chi connectivity index (χ4v) is 8.06. The van der Waals surface area contributed by atoms with Gasteiger partial charge in [0.25, 0.3) is 0 Å². The summed E-state index contributed by atoms with van der Waals surface area (Å²) in [5.74, 6) is 3.74. The molecule has 0 heterocycles. The SMILES string of the molecule is CC(C)=CCC[C@@H](C)[C@H]1CCC2C3=C(CC[C@@]21C)[C@@]1(C)CCC(=O)C[C@@H]1CC3. The van der Waals surface area contributed by atoms with Crippen molar-refractivity contribution in [3.63, 3.8) is 0 Å². The van der Waals surface area contributed by atoms with E-state index in [1.165, 1.54) is 56.9 Å². The van der Waals surface area contributed by atoms with Gasteiger partial charge in [0.2, 0.25) is 0 Å². The van der Waals surface area contributed by atoms with Crippen molar-refractivity contribution in [2.75, 3.05) is 0 Å². The fraction of sp³-hybridized carbons (Fsp3) is 0.815. The van der Waals surface area contributed by atoms with E-state index in [1.54, 1.807) is 0 Å². The van der Waals surface area contributed by atoms with Crippen LogP contribution in [0.2, 0.25) is 0 Å². The van der Waals surface area contributed by atoms with Crippen LogP contribution in [0.4, 0.5) is 0 Å². The molecule has 156 valence electrons. The van der Waals surface area contributed by atoms with Gasteiger partial charge in [0.15, 0.2) is 0 Å². The largest absolute Gasteiger partial charge is 0.300 e. The van der Waals surface area contributed by atoms with E-state index in [0.717, 1.165) is 37.0 Å². The van der Waals surface area contributed by atoms with Crippen LogP contribution < -0.4 is 0 Å². The maximum absolute atomic E-state index is 12.1. The molecule has 0 N–H and O–H groups in total. The Morgan fingerprint density at radius 3 is 2.64 bits per heavy atom. The lowest BCUT2D eigenvalue weighted by Crippen LogP contribution is -2.45. The molecule has 0 aromatic rings. The lowest BCUT2D eigenvalue weighted by molar-refractivity contribution is -0.124. The molecule has 0 spiro atoms. The average Bonchev–Trinajstić information content (AvgIpc) is 2.99. The van der Waals surface area contributed by atoms with Gasteiger partial charge in [0, 0.05) is 12.8 Å². The van der Waals surface area contributed by atoms with Gasteiger partial charge in [0.1, 0.15) is 5.78 Å². The lowest BCUT2D eigenvalue weighted by Gasteiger charge is -2.54. The highest BCUT2D eigenvalue weighted by atomic mass is 16.1. The van der Waals surface area contributed by atoms with Crippen molar-refractivity contribution in [2.24, 2.45) is 34.5 Å². The number of hydrogen-bond acceptors (Lipinski definition) is 1. The minimum atomic E-state index is 0.343. The molecule has 2 fully saturated rings. The van der Waals surface area contributed by atoms with Crippen LogP contribution in [0.15, 0.2) is 22.8 Å². The summed E-state index contributed by atoms with van der Waals surface area (Å²) >= 11 is 0. The Morgan fingerprint density at radius 1 is 1.11 bits per heavy atom. The minimum Gasteiger partial charge on any atom is -0.300 e. The number of carbonyl (C=O) groups excluding carboxylic acids is 1. The van der Waals surface area contributed by atoms with Crippen molar-refractivity contribution in [3.05, 3.63) is 22.8 Å². The quantitative estimate of drug-likeness (QED) is 0.456. The van der Waals surface area contributed by atoms with Crippen molar-refractivity contribution in [2.45, 2.75) is 105 Å². The second-order valence-electron chi connectivity index (χ2n) is 11.5. The molecule has 0 bridgehead atoms. The molecule has 1 nitrogen and oxygen atoms in total. The van der Waals surface area contributed by atoms with Crippen molar-refractivity contribution in [1.29, 1.82) is 0 Å². The van der Waals surface area contributed by atoms with Gasteiger partial charge in [-0.2, -0.15) is 0 Å². The van der Waals surface area contributed by atoms with Crippen LogP contribution in [0.25, 0.3) is 0 Å². The summed E-state index contributed by atoms with van der Waals surface area (Å²) in [6, 6.07) is 0. The molecule has 1 heteroatoms. The van der Waals surface area contributed by atoms with E-state index in [2.05, 4.69) is 40.7 Å². The third-order valence-corrected chi connectivity index (χ3v) is 9.74. The minimum absolute atomic E-state index is 0.343. The average molecular weight is 383 g/mol. The molecular weight excluding hydrogens is 340 g/mol. The highest BCUT2D eigenvalue weighted by Gasteiger charge is 2.55. The Bertz CT molecular complexity index is 693. The van der Waals surface area contributed by atoms with Crippen LogP contribution in [0.3, 0.4) is 0 Å². The van der Waals surface area contributed by atoms with Crippen LogP contribution in [-0.4, -0.2) is 5.78 Å². The Kier molecular flexibility index (Phi) is 5.43. The summed E-state index contributed by atoms with van der Waals surface area (Å²) in [6.45, 7) is 12.2. The second kappa shape index (κ2) is 7.44. The van der Waals surface area contributed by atoms with Gasteiger partial charge in [0.05, 0.1) is 0 Å². The summed E-state index contributed by atoms with van der Waals surface area (Å²) in [6.07, 6.45) is 16.0. The Hall–Kier alpha value is -0.850. The molecule has 0 aliphatic heterocycles. The van der Waals surface area contributed by atoms with Crippen molar-refractivity contribution < 1.29 is 4.79 Å². The molecule has 1 unspecified atom stereocenters. The van der Waals surface area contributed by atoms with Gasteiger partial charge in [-0.05, 0) is 106 Å². The van der Waals surface area contributed by atoms with E-state index in [-0.39, 0.29) is 0 Å². The van der Waals surface area contributed by atoms with Crippen LogP contribution in [0.1, 0.15) is 105 Å². The standard InChI is InChI=1S/C27H42O/c1-18(2)7-6-8-19(3)23-11-12-24-22-10-9-20-17-21(28)13-15-26(20,4)25(22)14-16-27(23,24)5/h7,19-20,23-24H,6,8-17H2,1-5H3/t19-,20+,23-,24?,26+,27-/m1/s1. The molecular formula is C27H42O. The van der Waals surface area contributed by atoms with E-state index >= 15 is 0 Å². The first-order chi connectivity index (χ1) is 13.3. The van der Waals surface area contributed by atoms with Crippen molar-refractivity contribution >= 4 is 5.78 Å². The van der Waals surface area contributed by atoms with Crippen LogP contribution in [0.5, 0.6) is 0 Å². The summed E-state index contributed by atoms with van der Waals surface area (Å²) in [4.78, 5) is 12.1. The van der Waals surface area contributed by atoms with Gasteiger partial charge in [-0.25, -0.2) is 0 Å². The van der Waals surface area contributed by atoms with Crippen LogP contribution >= 0.6 is 0 Å². The zero-order valence-electron chi connectivity index (χ0n) is 19.1. The van der Waals surface area contributed by atoms with Gasteiger partial charge < -0.3 is 0 Å². The van der Waals surface area contributed by atoms with E-state index < -0.39 is 0 Å². The van der Waals surface area contributed by atoms with E-state index in [9.17, 15) is 4.79 Å².